The van der Waals surface area contributed by atoms with Crippen molar-refractivity contribution in [2.75, 3.05) is 6.54 Å². The molecular formula is C17H29NO. The van der Waals surface area contributed by atoms with Crippen LogP contribution in [0.3, 0.4) is 0 Å². The zero-order valence-corrected chi connectivity index (χ0v) is 13.1. The summed E-state index contributed by atoms with van der Waals surface area (Å²) in [7, 11) is 0. The Morgan fingerprint density at radius 3 is 2.16 bits per heavy atom. The van der Waals surface area contributed by atoms with Crippen LogP contribution in [-0.2, 0) is 0 Å². The van der Waals surface area contributed by atoms with Crippen molar-refractivity contribution < 1.29 is 4.74 Å². The Bertz CT molecular complexity index is 345. The van der Waals surface area contributed by atoms with Crippen molar-refractivity contribution in [2.45, 2.75) is 59.6 Å². The first-order chi connectivity index (χ1) is 9.08. The molecule has 2 atom stereocenters. The van der Waals surface area contributed by atoms with Crippen LogP contribution in [0.4, 0.5) is 0 Å². The molecule has 0 bridgehead atoms. The van der Waals surface area contributed by atoms with Crippen molar-refractivity contribution >= 4 is 0 Å². The SMILES string of the molecule is CCCNC(CC)c1ccc(OC(C)C(C)C)cc1. The molecule has 1 aromatic rings. The fourth-order valence-corrected chi connectivity index (χ4v) is 1.95. The number of nitrogens with one attached hydrogen (secondary N) is 1. The maximum Gasteiger partial charge on any atom is 0.119 e. The Labute approximate surface area is 118 Å². The smallest absolute Gasteiger partial charge is 0.119 e. The summed E-state index contributed by atoms with van der Waals surface area (Å²) in [5.41, 5.74) is 1.35. The van der Waals surface area contributed by atoms with Crippen LogP contribution in [0.5, 0.6) is 5.75 Å². The summed E-state index contributed by atoms with van der Waals surface area (Å²) in [5.74, 6) is 1.50. The minimum Gasteiger partial charge on any atom is -0.490 e. The number of benzene rings is 1. The van der Waals surface area contributed by atoms with Gasteiger partial charge in [-0.15, -0.1) is 0 Å². The van der Waals surface area contributed by atoms with Gasteiger partial charge in [0.05, 0.1) is 6.10 Å². The number of hydrogen-bond donors (Lipinski definition) is 1. The van der Waals surface area contributed by atoms with Gasteiger partial charge in [0.1, 0.15) is 5.75 Å². The largest absolute Gasteiger partial charge is 0.490 e. The molecule has 2 nitrogen and oxygen atoms in total. The zero-order chi connectivity index (χ0) is 14.3. The van der Waals surface area contributed by atoms with E-state index < -0.39 is 0 Å². The van der Waals surface area contributed by atoms with Gasteiger partial charge in [-0.1, -0.05) is 39.8 Å². The Morgan fingerprint density at radius 2 is 1.68 bits per heavy atom. The Hall–Kier alpha value is -1.02. The summed E-state index contributed by atoms with van der Waals surface area (Å²) in [4.78, 5) is 0. The lowest BCUT2D eigenvalue weighted by molar-refractivity contribution is 0.170. The van der Waals surface area contributed by atoms with Gasteiger partial charge in [-0.3, -0.25) is 0 Å². The van der Waals surface area contributed by atoms with Gasteiger partial charge in [-0.2, -0.15) is 0 Å². The Balaban J connectivity index is 2.64. The summed E-state index contributed by atoms with van der Waals surface area (Å²) in [6.45, 7) is 12.0. The molecule has 0 fully saturated rings. The van der Waals surface area contributed by atoms with Gasteiger partial charge in [-0.25, -0.2) is 0 Å². The molecule has 0 aromatic heterocycles. The first kappa shape index (κ1) is 16.0. The van der Waals surface area contributed by atoms with E-state index in [4.69, 9.17) is 4.74 Å². The van der Waals surface area contributed by atoms with Crippen LogP contribution < -0.4 is 10.1 Å². The highest BCUT2D eigenvalue weighted by Gasteiger charge is 2.10. The molecule has 0 saturated heterocycles. The van der Waals surface area contributed by atoms with E-state index in [0.717, 1.165) is 18.7 Å². The summed E-state index contributed by atoms with van der Waals surface area (Å²) in [6.07, 6.45) is 2.54. The molecule has 19 heavy (non-hydrogen) atoms. The summed E-state index contributed by atoms with van der Waals surface area (Å²) < 4.78 is 5.90. The second-order valence-corrected chi connectivity index (χ2v) is 5.55. The lowest BCUT2D eigenvalue weighted by Gasteiger charge is -2.20. The van der Waals surface area contributed by atoms with Crippen LogP contribution in [0.25, 0.3) is 0 Å². The van der Waals surface area contributed by atoms with Crippen molar-refractivity contribution in [2.24, 2.45) is 5.92 Å². The Morgan fingerprint density at radius 1 is 1.05 bits per heavy atom. The first-order valence-electron chi connectivity index (χ1n) is 7.58. The second-order valence-electron chi connectivity index (χ2n) is 5.55. The van der Waals surface area contributed by atoms with Crippen molar-refractivity contribution in [3.05, 3.63) is 29.8 Å². The highest BCUT2D eigenvalue weighted by atomic mass is 16.5. The van der Waals surface area contributed by atoms with E-state index >= 15 is 0 Å². The van der Waals surface area contributed by atoms with Gasteiger partial charge >= 0.3 is 0 Å². The highest BCUT2D eigenvalue weighted by molar-refractivity contribution is 5.29. The van der Waals surface area contributed by atoms with E-state index in [0.29, 0.717) is 12.0 Å². The lowest BCUT2D eigenvalue weighted by Crippen LogP contribution is -2.21. The van der Waals surface area contributed by atoms with E-state index in [2.05, 4.69) is 64.2 Å². The van der Waals surface area contributed by atoms with E-state index in [1.54, 1.807) is 0 Å². The second kappa shape index (κ2) is 8.21. The van der Waals surface area contributed by atoms with Gasteiger partial charge in [0.25, 0.3) is 0 Å². The molecule has 2 heteroatoms. The third kappa shape index (κ3) is 5.23. The van der Waals surface area contributed by atoms with Crippen LogP contribution in [-0.4, -0.2) is 12.6 Å². The van der Waals surface area contributed by atoms with Gasteiger partial charge in [0.2, 0.25) is 0 Å². The normalized spacial score (nSPS) is 14.4. The average molecular weight is 263 g/mol. The molecule has 0 aliphatic heterocycles. The van der Waals surface area contributed by atoms with Crippen molar-refractivity contribution in [1.29, 1.82) is 0 Å². The molecular weight excluding hydrogens is 234 g/mol. The van der Waals surface area contributed by atoms with Crippen molar-refractivity contribution in [3.8, 4) is 5.75 Å². The molecule has 2 unspecified atom stereocenters. The van der Waals surface area contributed by atoms with Crippen LogP contribution >= 0.6 is 0 Å². The Kier molecular flexibility index (Phi) is 6.93. The maximum absolute atomic E-state index is 5.90. The zero-order valence-electron chi connectivity index (χ0n) is 13.1. The minimum absolute atomic E-state index is 0.256. The third-order valence-corrected chi connectivity index (χ3v) is 3.59. The number of ether oxygens (including phenoxy) is 1. The molecule has 0 amide bonds. The van der Waals surface area contributed by atoms with Crippen LogP contribution in [0, 0.1) is 5.92 Å². The molecule has 1 rings (SSSR count). The van der Waals surface area contributed by atoms with Gasteiger partial charge in [0, 0.05) is 6.04 Å². The van der Waals surface area contributed by atoms with Crippen LogP contribution in [0.2, 0.25) is 0 Å². The standard InChI is InChI=1S/C17H29NO/c1-6-12-18-17(7-2)15-8-10-16(11-9-15)19-14(5)13(3)4/h8-11,13-14,17-18H,6-7,12H2,1-5H3. The molecule has 0 radical (unpaired) electrons. The quantitative estimate of drug-likeness (QED) is 0.742. The van der Waals surface area contributed by atoms with E-state index in [9.17, 15) is 0 Å². The van der Waals surface area contributed by atoms with E-state index in [1.165, 1.54) is 12.0 Å². The highest BCUT2D eigenvalue weighted by Crippen LogP contribution is 2.21. The molecule has 108 valence electrons. The molecule has 0 heterocycles. The summed E-state index contributed by atoms with van der Waals surface area (Å²) in [6, 6.07) is 8.99. The van der Waals surface area contributed by atoms with E-state index in [-0.39, 0.29) is 6.10 Å². The topological polar surface area (TPSA) is 21.3 Å². The summed E-state index contributed by atoms with van der Waals surface area (Å²) in [5, 5.41) is 3.57. The molecule has 0 spiro atoms. The predicted molar refractivity (Wildman–Crippen MR) is 82.7 cm³/mol. The van der Waals surface area contributed by atoms with Crippen molar-refractivity contribution in [1.82, 2.24) is 5.32 Å². The molecule has 0 aliphatic rings. The summed E-state index contributed by atoms with van der Waals surface area (Å²) >= 11 is 0. The fraction of sp³-hybridized carbons (Fsp3) is 0.647. The first-order valence-corrected chi connectivity index (χ1v) is 7.58. The molecule has 1 aromatic carbocycles. The minimum atomic E-state index is 0.256. The number of rotatable bonds is 8. The average Bonchev–Trinajstić information content (AvgIpc) is 2.41. The van der Waals surface area contributed by atoms with Crippen LogP contribution in [0.1, 0.15) is 59.1 Å². The lowest BCUT2D eigenvalue weighted by atomic mass is 10.0. The van der Waals surface area contributed by atoms with E-state index in [1.807, 2.05) is 0 Å². The third-order valence-electron chi connectivity index (χ3n) is 3.59. The van der Waals surface area contributed by atoms with Crippen molar-refractivity contribution in [3.63, 3.8) is 0 Å². The van der Waals surface area contributed by atoms with Gasteiger partial charge in [-0.05, 0) is 49.9 Å². The number of hydrogen-bond acceptors (Lipinski definition) is 2. The monoisotopic (exact) mass is 263 g/mol. The maximum atomic E-state index is 5.90. The van der Waals surface area contributed by atoms with Gasteiger partial charge in [0.15, 0.2) is 0 Å². The van der Waals surface area contributed by atoms with Crippen LogP contribution in [0.15, 0.2) is 24.3 Å². The molecule has 1 N–H and O–H groups in total. The molecule has 0 aliphatic carbocycles. The fourth-order valence-electron chi connectivity index (χ4n) is 1.95. The predicted octanol–water partition coefficient (Wildman–Crippen LogP) is 4.56. The molecule has 0 saturated carbocycles. The van der Waals surface area contributed by atoms with Gasteiger partial charge < -0.3 is 10.1 Å².